The average molecular weight is 382 g/mol. The molecule has 1 amide bonds. The van der Waals surface area contributed by atoms with Crippen LogP contribution >= 0.6 is 0 Å². The lowest BCUT2D eigenvalue weighted by Gasteiger charge is -2.19. The van der Waals surface area contributed by atoms with Gasteiger partial charge in [-0.25, -0.2) is 0 Å². The number of fused-ring (bicyclic) bond motifs is 1. The molecule has 4 heteroatoms. The Hall–Kier alpha value is -2.49. The van der Waals surface area contributed by atoms with Crippen molar-refractivity contribution in [2.45, 2.75) is 58.5 Å². The van der Waals surface area contributed by atoms with Crippen LogP contribution in [0.2, 0.25) is 0 Å². The fourth-order valence-electron chi connectivity index (χ4n) is 3.61. The van der Waals surface area contributed by atoms with Crippen LogP contribution in [0, 0.1) is 0 Å². The van der Waals surface area contributed by atoms with E-state index in [-0.39, 0.29) is 5.91 Å². The summed E-state index contributed by atoms with van der Waals surface area (Å²) >= 11 is 0. The van der Waals surface area contributed by atoms with E-state index >= 15 is 0 Å². The quantitative estimate of drug-likeness (QED) is 0.652. The van der Waals surface area contributed by atoms with Gasteiger partial charge in [-0.15, -0.1) is 0 Å². The molecule has 0 heterocycles. The maximum Gasteiger partial charge on any atom is 0.260 e. The van der Waals surface area contributed by atoms with Gasteiger partial charge in [0.1, 0.15) is 11.5 Å². The third-order valence-electron chi connectivity index (χ3n) is 5.18. The highest BCUT2D eigenvalue weighted by Gasteiger charge is 2.16. The number of aryl methyl sites for hydroxylation is 3. The van der Waals surface area contributed by atoms with Crippen molar-refractivity contribution in [1.29, 1.82) is 0 Å². The van der Waals surface area contributed by atoms with Crippen molar-refractivity contribution in [1.82, 2.24) is 5.32 Å². The zero-order chi connectivity index (χ0) is 19.8. The fraction of sp³-hybridized carbons (Fsp3) is 0.458. The Balaban J connectivity index is 1.39. The molecule has 0 radical (unpaired) electrons. The Bertz CT molecular complexity index is 770. The molecule has 1 aliphatic carbocycles. The predicted molar refractivity (Wildman–Crippen MR) is 112 cm³/mol. The summed E-state index contributed by atoms with van der Waals surface area (Å²) in [5, 5.41) is 2.98. The second-order valence-corrected chi connectivity index (χ2v) is 7.37. The van der Waals surface area contributed by atoms with E-state index in [1.165, 1.54) is 29.5 Å². The molecular weight excluding hydrogens is 350 g/mol. The van der Waals surface area contributed by atoms with Crippen LogP contribution in [0.3, 0.4) is 0 Å². The zero-order valence-corrected chi connectivity index (χ0v) is 17.0. The smallest absolute Gasteiger partial charge is 0.260 e. The molecule has 0 aliphatic heterocycles. The Morgan fingerprint density at radius 3 is 2.50 bits per heavy atom. The first-order valence-corrected chi connectivity index (χ1v) is 10.4. The lowest BCUT2D eigenvalue weighted by molar-refractivity contribution is -0.127. The molecule has 0 fully saturated rings. The number of nitrogens with one attached hydrogen (secondary N) is 1. The molecule has 1 N–H and O–H groups in total. The van der Waals surface area contributed by atoms with E-state index < -0.39 is 6.10 Å². The summed E-state index contributed by atoms with van der Waals surface area (Å²) in [7, 11) is 0. The van der Waals surface area contributed by atoms with E-state index in [4.69, 9.17) is 9.47 Å². The first-order chi connectivity index (χ1) is 13.7. The van der Waals surface area contributed by atoms with Crippen LogP contribution in [0.1, 0.15) is 49.8 Å². The number of carbonyl (C=O) groups is 1. The highest BCUT2D eigenvalue weighted by atomic mass is 16.5. The number of rotatable bonds is 9. The van der Waals surface area contributed by atoms with E-state index in [1.54, 1.807) is 6.92 Å². The van der Waals surface area contributed by atoms with Gasteiger partial charge < -0.3 is 14.8 Å². The van der Waals surface area contributed by atoms with Crippen molar-refractivity contribution in [3.63, 3.8) is 0 Å². The largest absolute Gasteiger partial charge is 0.494 e. The van der Waals surface area contributed by atoms with Crippen LogP contribution in [-0.4, -0.2) is 25.2 Å². The molecule has 3 rings (SSSR count). The minimum absolute atomic E-state index is 0.0654. The van der Waals surface area contributed by atoms with Crippen LogP contribution in [0.5, 0.6) is 11.5 Å². The summed E-state index contributed by atoms with van der Waals surface area (Å²) in [5.41, 5.74) is 4.03. The number of carbonyl (C=O) groups excluding carboxylic acids is 1. The highest BCUT2D eigenvalue weighted by Crippen LogP contribution is 2.25. The maximum atomic E-state index is 12.3. The van der Waals surface area contributed by atoms with Gasteiger partial charge in [-0.3, -0.25) is 4.79 Å². The SMILES string of the molecule is CCOc1ccc(CCCNC(=O)[C@@H](C)Oc2ccc3c(c2)CCCC3)cc1. The van der Waals surface area contributed by atoms with E-state index in [0.717, 1.165) is 37.2 Å². The van der Waals surface area contributed by atoms with E-state index in [1.807, 2.05) is 25.1 Å². The maximum absolute atomic E-state index is 12.3. The second kappa shape index (κ2) is 10.2. The molecule has 0 bridgehead atoms. The third kappa shape index (κ3) is 5.75. The van der Waals surface area contributed by atoms with Crippen LogP contribution < -0.4 is 14.8 Å². The van der Waals surface area contributed by atoms with Crippen molar-refractivity contribution in [3.05, 3.63) is 59.2 Å². The molecule has 150 valence electrons. The van der Waals surface area contributed by atoms with E-state index in [0.29, 0.717) is 13.2 Å². The van der Waals surface area contributed by atoms with Crippen LogP contribution in [0.4, 0.5) is 0 Å². The van der Waals surface area contributed by atoms with Crippen molar-refractivity contribution in [2.75, 3.05) is 13.2 Å². The minimum Gasteiger partial charge on any atom is -0.494 e. The fourth-order valence-corrected chi connectivity index (χ4v) is 3.61. The van der Waals surface area contributed by atoms with Gasteiger partial charge in [0.2, 0.25) is 0 Å². The van der Waals surface area contributed by atoms with Crippen molar-refractivity contribution in [2.24, 2.45) is 0 Å². The summed E-state index contributed by atoms with van der Waals surface area (Å²) in [6.07, 6.45) is 6.09. The average Bonchev–Trinajstić information content (AvgIpc) is 2.72. The van der Waals surface area contributed by atoms with Gasteiger partial charge >= 0.3 is 0 Å². The Kier molecular flexibility index (Phi) is 7.35. The molecular formula is C24H31NO3. The van der Waals surface area contributed by atoms with Crippen molar-refractivity contribution in [3.8, 4) is 11.5 Å². The molecule has 0 aromatic heterocycles. The van der Waals surface area contributed by atoms with Gasteiger partial charge in [0, 0.05) is 6.54 Å². The van der Waals surface area contributed by atoms with Gasteiger partial charge in [-0.2, -0.15) is 0 Å². The molecule has 0 spiro atoms. The predicted octanol–water partition coefficient (Wildman–Crippen LogP) is 4.48. The van der Waals surface area contributed by atoms with E-state index in [2.05, 4.69) is 29.6 Å². The number of benzene rings is 2. The first kappa shape index (κ1) is 20.2. The standard InChI is InChI=1S/C24H31NO3/c1-3-27-22-13-10-19(11-14-22)7-6-16-25-24(26)18(2)28-23-15-12-20-8-4-5-9-21(20)17-23/h10-15,17-18H,3-9,16H2,1-2H3,(H,25,26)/t18-/m1/s1. The van der Waals surface area contributed by atoms with Gasteiger partial charge in [0.25, 0.3) is 5.91 Å². The lowest BCUT2D eigenvalue weighted by Crippen LogP contribution is -2.37. The molecule has 0 saturated heterocycles. The summed E-state index contributed by atoms with van der Waals surface area (Å²) in [5.74, 6) is 1.62. The van der Waals surface area contributed by atoms with Gasteiger partial charge in [0.05, 0.1) is 6.61 Å². The molecule has 0 saturated carbocycles. The van der Waals surface area contributed by atoms with Crippen LogP contribution in [-0.2, 0) is 24.1 Å². The normalized spacial score (nSPS) is 14.1. The molecule has 2 aromatic rings. The molecule has 1 aliphatic rings. The van der Waals surface area contributed by atoms with Crippen LogP contribution in [0.15, 0.2) is 42.5 Å². The molecule has 4 nitrogen and oxygen atoms in total. The molecule has 1 atom stereocenters. The van der Waals surface area contributed by atoms with Crippen LogP contribution in [0.25, 0.3) is 0 Å². The second-order valence-electron chi connectivity index (χ2n) is 7.37. The Labute approximate surface area is 168 Å². The zero-order valence-electron chi connectivity index (χ0n) is 17.0. The molecule has 28 heavy (non-hydrogen) atoms. The van der Waals surface area contributed by atoms with Gasteiger partial charge in [0.15, 0.2) is 6.10 Å². The van der Waals surface area contributed by atoms with Gasteiger partial charge in [-0.1, -0.05) is 18.2 Å². The number of ether oxygens (including phenoxy) is 2. The summed E-state index contributed by atoms with van der Waals surface area (Å²) in [6, 6.07) is 14.4. The summed E-state index contributed by atoms with van der Waals surface area (Å²) in [4.78, 5) is 12.3. The molecule has 2 aromatic carbocycles. The monoisotopic (exact) mass is 381 g/mol. The highest BCUT2D eigenvalue weighted by molar-refractivity contribution is 5.80. The van der Waals surface area contributed by atoms with Crippen molar-refractivity contribution >= 4 is 5.91 Å². The van der Waals surface area contributed by atoms with Gasteiger partial charge in [-0.05, 0) is 93.3 Å². The number of hydrogen-bond donors (Lipinski definition) is 1. The topological polar surface area (TPSA) is 47.6 Å². The van der Waals surface area contributed by atoms with Crippen molar-refractivity contribution < 1.29 is 14.3 Å². The molecule has 0 unspecified atom stereocenters. The lowest BCUT2D eigenvalue weighted by atomic mass is 9.92. The Morgan fingerprint density at radius 2 is 1.75 bits per heavy atom. The minimum atomic E-state index is -0.493. The number of amides is 1. The number of hydrogen-bond acceptors (Lipinski definition) is 3. The summed E-state index contributed by atoms with van der Waals surface area (Å²) in [6.45, 7) is 5.11. The summed E-state index contributed by atoms with van der Waals surface area (Å²) < 4.78 is 11.3. The first-order valence-electron chi connectivity index (χ1n) is 10.4. The van der Waals surface area contributed by atoms with E-state index in [9.17, 15) is 4.79 Å². The Morgan fingerprint density at radius 1 is 1.04 bits per heavy atom. The third-order valence-corrected chi connectivity index (χ3v) is 5.18.